The van der Waals surface area contributed by atoms with Crippen LogP contribution in [0.4, 0.5) is 10.5 Å². The lowest BCUT2D eigenvalue weighted by molar-refractivity contribution is 0.136. The fraction of sp³-hybridized carbons (Fsp3) is 0.417. The van der Waals surface area contributed by atoms with Gasteiger partial charge in [-0.2, -0.15) is 0 Å². The van der Waals surface area contributed by atoms with Crippen LogP contribution in [0.1, 0.15) is 5.56 Å². The standard InChI is InChI=1S/C12H14N2O2/c15-12(16)13-5-6-14-10(8-13)7-9-3-1-2-4-11(9)14/h1-4,10H,5-8H2,(H,15,16). The van der Waals surface area contributed by atoms with Crippen molar-refractivity contribution in [1.29, 1.82) is 0 Å². The second kappa shape index (κ2) is 3.40. The van der Waals surface area contributed by atoms with Crippen molar-refractivity contribution in [2.75, 3.05) is 24.5 Å². The van der Waals surface area contributed by atoms with Crippen molar-refractivity contribution in [3.8, 4) is 0 Å². The van der Waals surface area contributed by atoms with Gasteiger partial charge in [-0.15, -0.1) is 0 Å². The Balaban J connectivity index is 1.85. The molecule has 0 spiro atoms. The van der Waals surface area contributed by atoms with Gasteiger partial charge in [-0.3, -0.25) is 0 Å². The summed E-state index contributed by atoms with van der Waals surface area (Å²) in [5, 5.41) is 8.98. The van der Waals surface area contributed by atoms with Crippen molar-refractivity contribution >= 4 is 11.8 Å². The second-order valence-electron chi connectivity index (χ2n) is 4.41. The number of rotatable bonds is 0. The molecule has 1 aromatic rings. The number of hydrogen-bond acceptors (Lipinski definition) is 2. The van der Waals surface area contributed by atoms with Crippen molar-refractivity contribution < 1.29 is 9.90 Å². The van der Waals surface area contributed by atoms with E-state index in [0.29, 0.717) is 19.1 Å². The predicted octanol–water partition coefficient (Wildman–Crippen LogP) is 1.41. The van der Waals surface area contributed by atoms with Gasteiger partial charge in [-0.05, 0) is 18.1 Å². The summed E-state index contributed by atoms with van der Waals surface area (Å²) in [6, 6.07) is 8.70. The molecule has 2 heterocycles. The molecule has 2 aliphatic heterocycles. The van der Waals surface area contributed by atoms with Crippen LogP contribution in [0.25, 0.3) is 0 Å². The molecular formula is C12H14N2O2. The fourth-order valence-electron chi connectivity index (χ4n) is 2.74. The first kappa shape index (κ1) is 9.51. The van der Waals surface area contributed by atoms with Gasteiger partial charge in [0, 0.05) is 25.3 Å². The number of amides is 1. The lowest BCUT2D eigenvalue weighted by Gasteiger charge is -2.37. The van der Waals surface area contributed by atoms with Crippen LogP contribution in [0, 0.1) is 0 Å². The number of benzene rings is 1. The highest BCUT2D eigenvalue weighted by Crippen LogP contribution is 2.33. The van der Waals surface area contributed by atoms with Crippen LogP contribution >= 0.6 is 0 Å². The van der Waals surface area contributed by atoms with Gasteiger partial charge in [0.05, 0.1) is 6.04 Å². The number of para-hydroxylation sites is 1. The van der Waals surface area contributed by atoms with Crippen molar-refractivity contribution in [2.45, 2.75) is 12.5 Å². The van der Waals surface area contributed by atoms with Crippen molar-refractivity contribution in [1.82, 2.24) is 4.90 Å². The first-order valence-electron chi connectivity index (χ1n) is 5.58. The molecule has 4 heteroatoms. The SMILES string of the molecule is O=C(O)N1CCN2c3ccccc3CC2C1. The fourth-order valence-corrected chi connectivity index (χ4v) is 2.74. The van der Waals surface area contributed by atoms with Gasteiger partial charge >= 0.3 is 6.09 Å². The number of fused-ring (bicyclic) bond motifs is 3. The summed E-state index contributed by atoms with van der Waals surface area (Å²) in [6.07, 6.45) is 0.176. The zero-order chi connectivity index (χ0) is 11.1. The zero-order valence-corrected chi connectivity index (χ0v) is 8.97. The van der Waals surface area contributed by atoms with E-state index in [0.717, 1.165) is 13.0 Å². The average Bonchev–Trinajstić information content (AvgIpc) is 2.66. The number of anilines is 1. The quantitative estimate of drug-likeness (QED) is 0.716. The molecular weight excluding hydrogens is 204 g/mol. The Kier molecular flexibility index (Phi) is 2.02. The van der Waals surface area contributed by atoms with E-state index in [1.165, 1.54) is 16.2 Å². The van der Waals surface area contributed by atoms with Gasteiger partial charge in [0.15, 0.2) is 0 Å². The minimum atomic E-state index is -0.796. The maximum atomic E-state index is 10.9. The zero-order valence-electron chi connectivity index (χ0n) is 8.97. The van der Waals surface area contributed by atoms with Crippen LogP contribution < -0.4 is 4.90 Å². The topological polar surface area (TPSA) is 43.8 Å². The number of nitrogens with zero attached hydrogens (tertiary/aromatic N) is 2. The summed E-state index contributed by atoms with van der Waals surface area (Å²) in [5.41, 5.74) is 2.64. The minimum absolute atomic E-state index is 0.335. The Morgan fingerprint density at radius 3 is 2.94 bits per heavy atom. The molecule has 0 saturated carbocycles. The van der Waals surface area contributed by atoms with Crippen molar-refractivity contribution in [3.63, 3.8) is 0 Å². The highest BCUT2D eigenvalue weighted by molar-refractivity contribution is 5.67. The molecule has 16 heavy (non-hydrogen) atoms. The van der Waals surface area contributed by atoms with E-state index in [2.05, 4.69) is 17.0 Å². The Morgan fingerprint density at radius 2 is 2.12 bits per heavy atom. The van der Waals surface area contributed by atoms with Crippen molar-refractivity contribution in [3.05, 3.63) is 29.8 Å². The van der Waals surface area contributed by atoms with Crippen LogP contribution in [-0.2, 0) is 6.42 Å². The summed E-state index contributed by atoms with van der Waals surface area (Å²) in [7, 11) is 0. The van der Waals surface area contributed by atoms with Gasteiger partial charge in [0.25, 0.3) is 0 Å². The molecule has 1 fully saturated rings. The minimum Gasteiger partial charge on any atom is -0.465 e. The molecule has 84 valence electrons. The van der Waals surface area contributed by atoms with Gasteiger partial charge in [0.2, 0.25) is 0 Å². The van der Waals surface area contributed by atoms with Crippen molar-refractivity contribution in [2.24, 2.45) is 0 Å². The summed E-state index contributed by atoms with van der Waals surface area (Å²) < 4.78 is 0. The van der Waals surface area contributed by atoms with Gasteiger partial charge < -0.3 is 14.9 Å². The summed E-state index contributed by atoms with van der Waals surface area (Å²) in [4.78, 5) is 14.8. The average molecular weight is 218 g/mol. The number of hydrogen-bond donors (Lipinski definition) is 1. The molecule has 3 rings (SSSR count). The van der Waals surface area contributed by atoms with Crippen LogP contribution in [-0.4, -0.2) is 41.8 Å². The molecule has 1 unspecified atom stereocenters. The van der Waals surface area contributed by atoms with E-state index in [4.69, 9.17) is 5.11 Å². The third kappa shape index (κ3) is 1.33. The number of piperazine rings is 1. The Morgan fingerprint density at radius 1 is 1.31 bits per heavy atom. The Hall–Kier alpha value is -1.71. The largest absolute Gasteiger partial charge is 0.465 e. The molecule has 0 radical (unpaired) electrons. The highest BCUT2D eigenvalue weighted by Gasteiger charge is 2.35. The molecule has 0 aromatic heterocycles. The summed E-state index contributed by atoms with van der Waals surface area (Å²) in [5.74, 6) is 0. The van der Waals surface area contributed by atoms with E-state index in [9.17, 15) is 4.79 Å². The van der Waals surface area contributed by atoms with E-state index in [1.54, 1.807) is 0 Å². The van der Waals surface area contributed by atoms with Gasteiger partial charge in [-0.25, -0.2) is 4.79 Å². The molecule has 2 aliphatic rings. The third-order valence-electron chi connectivity index (χ3n) is 3.51. The summed E-state index contributed by atoms with van der Waals surface area (Å²) >= 11 is 0. The number of carbonyl (C=O) groups is 1. The third-order valence-corrected chi connectivity index (χ3v) is 3.51. The summed E-state index contributed by atoms with van der Waals surface area (Å²) in [6.45, 7) is 2.05. The monoisotopic (exact) mass is 218 g/mol. The molecule has 1 aromatic carbocycles. The molecule has 4 nitrogen and oxygen atoms in total. The normalized spacial score (nSPS) is 22.9. The number of carboxylic acid groups (broad SMARTS) is 1. The maximum absolute atomic E-state index is 10.9. The van der Waals surface area contributed by atoms with Crippen LogP contribution in [0.15, 0.2) is 24.3 Å². The molecule has 1 N–H and O–H groups in total. The first-order chi connectivity index (χ1) is 7.75. The Labute approximate surface area is 94.1 Å². The van der Waals surface area contributed by atoms with E-state index >= 15 is 0 Å². The lowest BCUT2D eigenvalue weighted by atomic mass is 10.1. The highest BCUT2D eigenvalue weighted by atomic mass is 16.4. The predicted molar refractivity (Wildman–Crippen MR) is 60.9 cm³/mol. The lowest BCUT2D eigenvalue weighted by Crippen LogP contribution is -2.53. The molecule has 1 atom stereocenters. The smallest absolute Gasteiger partial charge is 0.407 e. The van der Waals surface area contributed by atoms with E-state index in [-0.39, 0.29) is 0 Å². The second-order valence-corrected chi connectivity index (χ2v) is 4.41. The van der Waals surface area contributed by atoms with Crippen LogP contribution in [0.2, 0.25) is 0 Å². The van der Waals surface area contributed by atoms with Gasteiger partial charge in [0.1, 0.15) is 0 Å². The van der Waals surface area contributed by atoms with E-state index in [1.807, 2.05) is 12.1 Å². The Bertz CT molecular complexity index is 433. The van der Waals surface area contributed by atoms with Crippen LogP contribution in [0.3, 0.4) is 0 Å². The first-order valence-corrected chi connectivity index (χ1v) is 5.58. The molecule has 0 aliphatic carbocycles. The molecule has 1 amide bonds. The van der Waals surface area contributed by atoms with Gasteiger partial charge in [-0.1, -0.05) is 18.2 Å². The van der Waals surface area contributed by atoms with E-state index < -0.39 is 6.09 Å². The molecule has 0 bridgehead atoms. The maximum Gasteiger partial charge on any atom is 0.407 e. The molecule has 1 saturated heterocycles. The van der Waals surface area contributed by atoms with Crippen LogP contribution in [0.5, 0.6) is 0 Å².